The van der Waals surface area contributed by atoms with E-state index in [0.717, 1.165) is 0 Å². The molecule has 19 heavy (non-hydrogen) atoms. The maximum Gasteiger partial charge on any atom is 0.326 e. The summed E-state index contributed by atoms with van der Waals surface area (Å²) in [5, 5.41) is 8.99. The number of aliphatic carboxylic acids is 1. The molecule has 0 aliphatic carbocycles. The molecule has 1 aromatic rings. The van der Waals surface area contributed by atoms with Gasteiger partial charge in [-0.05, 0) is 36.6 Å². The van der Waals surface area contributed by atoms with Crippen molar-refractivity contribution >= 4 is 18.0 Å². The van der Waals surface area contributed by atoms with E-state index in [1.807, 2.05) is 0 Å². The van der Waals surface area contributed by atoms with Gasteiger partial charge in [0.15, 0.2) is 0 Å². The normalized spacial score (nSPS) is 19.0. The summed E-state index contributed by atoms with van der Waals surface area (Å²) in [6.45, 7) is 0.448. The number of carbonyl (C=O) groups excluding carboxylic acids is 1. The van der Waals surface area contributed by atoms with E-state index < -0.39 is 12.0 Å². The molecule has 1 atom stereocenters. The Morgan fingerprint density at radius 1 is 1.42 bits per heavy atom. The van der Waals surface area contributed by atoms with Gasteiger partial charge < -0.3 is 10.0 Å². The zero-order valence-electron chi connectivity index (χ0n) is 10.3. The molecule has 0 aromatic heterocycles. The first-order valence-electron chi connectivity index (χ1n) is 6.05. The van der Waals surface area contributed by atoms with Gasteiger partial charge >= 0.3 is 5.97 Å². The van der Waals surface area contributed by atoms with E-state index in [-0.39, 0.29) is 11.7 Å². The van der Waals surface area contributed by atoms with Crippen LogP contribution >= 0.6 is 0 Å². The molecule has 0 saturated carbocycles. The molecule has 0 unspecified atom stereocenters. The predicted molar refractivity (Wildman–Crippen MR) is 67.8 cm³/mol. The summed E-state index contributed by atoms with van der Waals surface area (Å²) in [5.74, 6) is -1.71. The number of carboxylic acids is 1. The quantitative estimate of drug-likeness (QED) is 0.847. The van der Waals surface area contributed by atoms with E-state index >= 15 is 0 Å². The monoisotopic (exact) mass is 263 g/mol. The van der Waals surface area contributed by atoms with Crippen molar-refractivity contribution < 1.29 is 19.1 Å². The van der Waals surface area contributed by atoms with Gasteiger partial charge in [-0.2, -0.15) is 0 Å². The Kier molecular flexibility index (Phi) is 3.94. The first-order valence-corrected chi connectivity index (χ1v) is 6.05. The highest BCUT2D eigenvalue weighted by molar-refractivity contribution is 5.94. The third-order valence-electron chi connectivity index (χ3n) is 3.09. The Hall–Kier alpha value is -2.17. The smallest absolute Gasteiger partial charge is 0.326 e. The Balaban J connectivity index is 2.06. The average molecular weight is 263 g/mol. The van der Waals surface area contributed by atoms with Gasteiger partial charge in [-0.1, -0.05) is 12.1 Å². The van der Waals surface area contributed by atoms with Crippen molar-refractivity contribution in [2.75, 3.05) is 6.54 Å². The van der Waals surface area contributed by atoms with Crippen molar-refractivity contribution in [1.82, 2.24) is 4.90 Å². The highest BCUT2D eigenvalue weighted by Crippen LogP contribution is 2.18. The Labute approximate surface area is 110 Å². The summed E-state index contributed by atoms with van der Waals surface area (Å²) in [6, 6.07) is 5.10. The summed E-state index contributed by atoms with van der Waals surface area (Å²) in [4.78, 5) is 24.2. The van der Waals surface area contributed by atoms with Crippen molar-refractivity contribution in [3.63, 3.8) is 0 Å². The highest BCUT2D eigenvalue weighted by Gasteiger charge is 2.32. The first-order chi connectivity index (χ1) is 9.08. The van der Waals surface area contributed by atoms with Gasteiger partial charge in [0.1, 0.15) is 11.9 Å². The molecule has 2 rings (SSSR count). The number of hydrogen-bond donors (Lipinski definition) is 1. The molecule has 1 heterocycles. The molecule has 1 aliphatic rings. The molecule has 1 N–H and O–H groups in total. The molecule has 1 fully saturated rings. The number of carboxylic acid groups (broad SMARTS) is 1. The van der Waals surface area contributed by atoms with Crippen LogP contribution in [0.1, 0.15) is 18.4 Å². The zero-order chi connectivity index (χ0) is 13.8. The predicted octanol–water partition coefficient (Wildman–Crippen LogP) is 1.91. The van der Waals surface area contributed by atoms with E-state index in [9.17, 15) is 14.0 Å². The van der Waals surface area contributed by atoms with E-state index in [1.54, 1.807) is 12.1 Å². The van der Waals surface area contributed by atoms with Crippen LogP contribution in [0.3, 0.4) is 0 Å². The van der Waals surface area contributed by atoms with Gasteiger partial charge in [-0.25, -0.2) is 9.18 Å². The Morgan fingerprint density at radius 3 is 2.89 bits per heavy atom. The molecule has 0 spiro atoms. The lowest BCUT2D eigenvalue weighted by molar-refractivity contribution is -0.146. The number of carbonyl (C=O) groups is 2. The van der Waals surface area contributed by atoms with Gasteiger partial charge in [-0.3, -0.25) is 4.79 Å². The minimum Gasteiger partial charge on any atom is -0.480 e. The van der Waals surface area contributed by atoms with Crippen LogP contribution in [0.5, 0.6) is 0 Å². The van der Waals surface area contributed by atoms with Crippen molar-refractivity contribution in [1.29, 1.82) is 0 Å². The molecule has 1 amide bonds. The number of hydrogen-bond acceptors (Lipinski definition) is 2. The Bertz CT molecular complexity index is 527. The summed E-state index contributed by atoms with van der Waals surface area (Å²) in [5.41, 5.74) is 0.569. The molecule has 1 aromatic carbocycles. The van der Waals surface area contributed by atoms with Gasteiger partial charge in [0, 0.05) is 12.6 Å². The number of amides is 1. The van der Waals surface area contributed by atoms with Crippen LogP contribution in [0.15, 0.2) is 30.3 Å². The van der Waals surface area contributed by atoms with Crippen LogP contribution in [0.4, 0.5) is 4.39 Å². The van der Waals surface area contributed by atoms with E-state index in [4.69, 9.17) is 5.11 Å². The molecule has 100 valence electrons. The molecular weight excluding hydrogens is 249 g/mol. The second-order valence-corrected chi connectivity index (χ2v) is 4.42. The first kappa shape index (κ1) is 13.3. The minimum absolute atomic E-state index is 0.353. The van der Waals surface area contributed by atoms with Crippen molar-refractivity contribution in [3.8, 4) is 0 Å². The number of likely N-dealkylation sites (tertiary alicyclic amines) is 1. The van der Waals surface area contributed by atoms with Gasteiger partial charge in [0.25, 0.3) is 0 Å². The van der Waals surface area contributed by atoms with Crippen LogP contribution in [-0.2, 0) is 9.59 Å². The molecule has 1 saturated heterocycles. The van der Waals surface area contributed by atoms with E-state index in [1.165, 1.54) is 29.2 Å². The van der Waals surface area contributed by atoms with Gasteiger partial charge in [0.2, 0.25) is 5.91 Å². The van der Waals surface area contributed by atoms with Crippen LogP contribution in [0.2, 0.25) is 0 Å². The molecule has 0 bridgehead atoms. The lowest BCUT2D eigenvalue weighted by Crippen LogP contribution is -2.39. The van der Waals surface area contributed by atoms with E-state index in [0.29, 0.717) is 24.9 Å². The SMILES string of the molecule is O=C(O)[C@@H]1CCCN1C(=O)/C=C/c1cccc(F)c1. The second kappa shape index (κ2) is 5.65. The average Bonchev–Trinajstić information content (AvgIpc) is 2.85. The van der Waals surface area contributed by atoms with Crippen LogP contribution in [-0.4, -0.2) is 34.5 Å². The maximum atomic E-state index is 13.0. The fourth-order valence-electron chi connectivity index (χ4n) is 2.16. The highest BCUT2D eigenvalue weighted by atomic mass is 19.1. The molecular formula is C14H14FNO3. The van der Waals surface area contributed by atoms with Crippen LogP contribution < -0.4 is 0 Å². The van der Waals surface area contributed by atoms with Gasteiger partial charge in [0.05, 0.1) is 0 Å². The largest absolute Gasteiger partial charge is 0.480 e. The maximum absolute atomic E-state index is 13.0. The topological polar surface area (TPSA) is 57.6 Å². The summed E-state index contributed by atoms with van der Waals surface area (Å²) in [6.07, 6.45) is 3.95. The summed E-state index contributed by atoms with van der Waals surface area (Å²) >= 11 is 0. The fraction of sp³-hybridized carbons (Fsp3) is 0.286. The lowest BCUT2D eigenvalue weighted by atomic mass is 10.2. The molecule has 5 heteroatoms. The second-order valence-electron chi connectivity index (χ2n) is 4.42. The van der Waals surface area contributed by atoms with Crippen molar-refractivity contribution in [3.05, 3.63) is 41.7 Å². The van der Waals surface area contributed by atoms with E-state index in [2.05, 4.69) is 0 Å². The summed E-state index contributed by atoms with van der Waals surface area (Å²) < 4.78 is 13.0. The van der Waals surface area contributed by atoms with Crippen molar-refractivity contribution in [2.45, 2.75) is 18.9 Å². The number of nitrogens with zero attached hydrogens (tertiary/aromatic N) is 1. The van der Waals surface area contributed by atoms with Crippen LogP contribution in [0, 0.1) is 5.82 Å². The van der Waals surface area contributed by atoms with Crippen LogP contribution in [0.25, 0.3) is 6.08 Å². The number of halogens is 1. The van der Waals surface area contributed by atoms with Gasteiger partial charge in [-0.15, -0.1) is 0 Å². The summed E-state index contributed by atoms with van der Waals surface area (Å²) in [7, 11) is 0. The fourth-order valence-corrected chi connectivity index (χ4v) is 2.16. The number of benzene rings is 1. The lowest BCUT2D eigenvalue weighted by Gasteiger charge is -2.19. The zero-order valence-corrected chi connectivity index (χ0v) is 10.3. The third-order valence-corrected chi connectivity index (χ3v) is 3.09. The number of rotatable bonds is 3. The molecule has 1 aliphatic heterocycles. The van der Waals surface area contributed by atoms with Crippen molar-refractivity contribution in [2.24, 2.45) is 0 Å². The Morgan fingerprint density at radius 2 is 2.21 bits per heavy atom. The standard InChI is InChI=1S/C14H14FNO3/c15-11-4-1-3-10(9-11)6-7-13(17)16-8-2-5-12(16)14(18)19/h1,3-4,6-7,9,12H,2,5,8H2,(H,18,19)/b7-6+/t12-/m0/s1. The minimum atomic E-state index is -0.981. The molecule has 4 nitrogen and oxygen atoms in total. The molecule has 0 radical (unpaired) electrons. The third kappa shape index (κ3) is 3.19.